The number of ether oxygens (including phenoxy) is 8. The highest BCUT2D eigenvalue weighted by Crippen LogP contribution is 2.28. The third-order valence-electron chi connectivity index (χ3n) is 9.39. The molecule has 17 heteroatoms. The number of carboxylic acid groups (broad SMARTS) is 1. The van der Waals surface area contributed by atoms with Gasteiger partial charge in [-0.1, -0.05) is 20.8 Å². The highest BCUT2D eigenvalue weighted by Gasteiger charge is 2.30. The number of rotatable bonds is 20. The van der Waals surface area contributed by atoms with Gasteiger partial charge in [0.25, 0.3) is 5.92 Å². The number of carbonyl (C=O) groups is 6. The summed E-state index contributed by atoms with van der Waals surface area (Å²) in [5, 5.41) is 8.47. The van der Waals surface area contributed by atoms with Crippen molar-refractivity contribution in [3.63, 3.8) is 0 Å². The first-order valence-electron chi connectivity index (χ1n) is 21.2. The van der Waals surface area contributed by atoms with E-state index in [1.54, 1.807) is 83.1 Å². The van der Waals surface area contributed by atoms with Crippen LogP contribution in [-0.2, 0) is 38.2 Å². The van der Waals surface area contributed by atoms with Crippen LogP contribution in [0.4, 0.5) is 8.78 Å². The Morgan fingerprint density at radius 3 is 0.985 bits per heavy atom. The molecule has 66 heavy (non-hydrogen) atoms. The standard InChI is InChI=1S/C18H26O5.C17H22F2O5.C14H18O5/c1-7-18(5,6)16(20)22-14-10-8-13(9-11-14)21-12-15(19)23-17(2,3)4;1-5-16(2,3)15(21)24-13-8-6-12(7-9-13)22-10-14(20)23-11-17(4,18)19;1-4-14(2,3)13(17)19-11-7-5-10(6-8-11)18-9-12(15)16/h8-11H,7,12H2,1-6H3;6-9H,5,10-11H2,1-4H3;5-8H,4,9H2,1-3H3,(H,15,16). The van der Waals surface area contributed by atoms with Gasteiger partial charge in [0.1, 0.15) is 40.1 Å². The Morgan fingerprint density at radius 1 is 0.455 bits per heavy atom. The summed E-state index contributed by atoms with van der Waals surface area (Å²) in [6.07, 6.45) is 2.03. The Morgan fingerprint density at radius 2 is 0.727 bits per heavy atom. The van der Waals surface area contributed by atoms with Gasteiger partial charge in [0.2, 0.25) is 0 Å². The summed E-state index contributed by atoms with van der Waals surface area (Å²) >= 11 is 0. The molecular formula is C49H66F2O15. The topological polar surface area (TPSA) is 196 Å². The highest BCUT2D eigenvalue weighted by molar-refractivity contribution is 5.79. The Bertz CT molecular complexity index is 2010. The summed E-state index contributed by atoms with van der Waals surface area (Å²) < 4.78 is 65.9. The van der Waals surface area contributed by atoms with E-state index in [2.05, 4.69) is 4.74 Å². The predicted octanol–water partition coefficient (Wildman–Crippen LogP) is 9.85. The number of esters is 5. The molecule has 3 rings (SSSR count). The average Bonchev–Trinajstić information content (AvgIpc) is 3.24. The summed E-state index contributed by atoms with van der Waals surface area (Å²) in [6, 6.07) is 18.9. The molecule has 0 aromatic heterocycles. The van der Waals surface area contributed by atoms with Crippen LogP contribution < -0.4 is 28.4 Å². The zero-order valence-electron chi connectivity index (χ0n) is 40.3. The molecule has 1 N–H and O–H groups in total. The minimum atomic E-state index is -3.08. The normalized spacial score (nSPS) is 11.5. The zero-order chi connectivity index (χ0) is 50.5. The lowest BCUT2D eigenvalue weighted by Crippen LogP contribution is -2.28. The second-order valence-electron chi connectivity index (χ2n) is 17.9. The number of halogens is 2. The molecule has 0 spiro atoms. The van der Waals surface area contributed by atoms with Crippen LogP contribution in [0.25, 0.3) is 0 Å². The van der Waals surface area contributed by atoms with Crippen molar-refractivity contribution in [3.8, 4) is 34.5 Å². The number of aliphatic carboxylic acids is 1. The summed E-state index contributed by atoms with van der Waals surface area (Å²) in [5.41, 5.74) is -2.17. The summed E-state index contributed by atoms with van der Waals surface area (Å²) in [6.45, 7) is 20.7. The van der Waals surface area contributed by atoms with E-state index in [0.29, 0.717) is 60.7 Å². The first kappa shape index (κ1) is 57.8. The molecule has 0 aliphatic rings. The maximum absolute atomic E-state index is 12.5. The number of hydrogen-bond donors (Lipinski definition) is 1. The Balaban J connectivity index is 0.000000498. The zero-order valence-corrected chi connectivity index (χ0v) is 40.3. The summed E-state index contributed by atoms with van der Waals surface area (Å²) in [7, 11) is 0. The number of hydrogen-bond acceptors (Lipinski definition) is 14. The van der Waals surface area contributed by atoms with Gasteiger partial charge in [-0.3, -0.25) is 14.4 Å². The number of alkyl halides is 2. The maximum Gasteiger partial charge on any atom is 0.344 e. The minimum absolute atomic E-state index is 0.167. The van der Waals surface area contributed by atoms with Crippen molar-refractivity contribution in [3.05, 3.63) is 72.8 Å². The highest BCUT2D eigenvalue weighted by atomic mass is 19.3. The van der Waals surface area contributed by atoms with Crippen molar-refractivity contribution < 1.29 is 80.5 Å². The van der Waals surface area contributed by atoms with Crippen LogP contribution in [0, 0.1) is 16.2 Å². The van der Waals surface area contributed by atoms with Gasteiger partial charge in [-0.15, -0.1) is 0 Å². The van der Waals surface area contributed by atoms with Gasteiger partial charge in [-0.25, -0.2) is 23.2 Å². The van der Waals surface area contributed by atoms with E-state index in [9.17, 15) is 37.5 Å². The molecule has 0 fully saturated rings. The summed E-state index contributed by atoms with van der Waals surface area (Å²) in [4.78, 5) is 68.9. The number of carboxylic acids is 1. The van der Waals surface area contributed by atoms with E-state index >= 15 is 0 Å². The predicted molar refractivity (Wildman–Crippen MR) is 240 cm³/mol. The van der Waals surface area contributed by atoms with Crippen molar-refractivity contribution in [1.29, 1.82) is 0 Å². The van der Waals surface area contributed by atoms with Gasteiger partial charge in [-0.2, -0.15) is 0 Å². The van der Waals surface area contributed by atoms with Crippen LogP contribution in [0.1, 0.15) is 109 Å². The lowest BCUT2D eigenvalue weighted by molar-refractivity contribution is -0.157. The fraction of sp³-hybridized carbons (Fsp3) is 0.510. The van der Waals surface area contributed by atoms with Crippen LogP contribution in [0.2, 0.25) is 0 Å². The Kier molecular flexibility index (Phi) is 22.8. The van der Waals surface area contributed by atoms with Gasteiger partial charge in [0.15, 0.2) is 26.4 Å². The van der Waals surface area contributed by atoms with Crippen LogP contribution in [0.15, 0.2) is 72.8 Å². The molecule has 0 aliphatic carbocycles. The van der Waals surface area contributed by atoms with Crippen molar-refractivity contribution in [2.45, 2.75) is 121 Å². The molecule has 0 amide bonds. The molecule has 0 aliphatic heterocycles. The van der Waals surface area contributed by atoms with Gasteiger partial charge in [-0.05, 0) is 154 Å². The third-order valence-corrected chi connectivity index (χ3v) is 9.39. The molecule has 0 saturated heterocycles. The maximum atomic E-state index is 12.5. The minimum Gasteiger partial charge on any atom is -0.482 e. The fourth-order valence-corrected chi connectivity index (χ4v) is 4.03. The van der Waals surface area contributed by atoms with Gasteiger partial charge >= 0.3 is 35.8 Å². The monoisotopic (exact) mass is 932 g/mol. The van der Waals surface area contributed by atoms with Crippen LogP contribution in [0.3, 0.4) is 0 Å². The van der Waals surface area contributed by atoms with E-state index in [1.165, 1.54) is 24.3 Å². The Hall–Kier alpha value is -6.26. The molecule has 0 radical (unpaired) electrons. The number of benzene rings is 3. The lowest BCUT2D eigenvalue weighted by atomic mass is 9.91. The SMILES string of the molecule is CCC(C)(C)C(=O)Oc1ccc(OCC(=O)O)cc1.CCC(C)(C)C(=O)Oc1ccc(OCC(=O)OC(C)(C)C)cc1.CCC(C)(C)C(=O)Oc1ccc(OCC(=O)OCC(C)(F)F)cc1. The molecule has 0 atom stereocenters. The quantitative estimate of drug-likeness (QED) is 0.0829. The smallest absolute Gasteiger partial charge is 0.344 e. The molecular weight excluding hydrogens is 867 g/mol. The van der Waals surface area contributed by atoms with Crippen molar-refractivity contribution in [2.75, 3.05) is 26.4 Å². The average molecular weight is 933 g/mol. The first-order chi connectivity index (χ1) is 30.4. The van der Waals surface area contributed by atoms with Gasteiger partial charge in [0.05, 0.1) is 16.2 Å². The Labute approximate surface area is 386 Å². The first-order valence-corrected chi connectivity index (χ1v) is 21.2. The molecule has 0 heterocycles. The van der Waals surface area contributed by atoms with E-state index in [1.807, 2.05) is 48.5 Å². The molecule has 3 aromatic rings. The van der Waals surface area contributed by atoms with Gasteiger partial charge < -0.3 is 43.0 Å². The van der Waals surface area contributed by atoms with E-state index in [0.717, 1.165) is 0 Å². The van der Waals surface area contributed by atoms with E-state index < -0.39 is 65.5 Å². The van der Waals surface area contributed by atoms with E-state index in [4.69, 9.17) is 38.3 Å². The van der Waals surface area contributed by atoms with Crippen LogP contribution in [0.5, 0.6) is 34.5 Å². The van der Waals surface area contributed by atoms with Gasteiger partial charge in [0, 0.05) is 6.92 Å². The van der Waals surface area contributed by atoms with Crippen molar-refractivity contribution >= 4 is 35.8 Å². The lowest BCUT2D eigenvalue weighted by Gasteiger charge is -2.20. The molecule has 366 valence electrons. The van der Waals surface area contributed by atoms with E-state index in [-0.39, 0.29) is 24.5 Å². The summed E-state index contributed by atoms with van der Waals surface area (Å²) in [5.74, 6) is -3.91. The molecule has 0 unspecified atom stereocenters. The molecule has 0 bridgehead atoms. The fourth-order valence-electron chi connectivity index (χ4n) is 4.03. The second-order valence-corrected chi connectivity index (χ2v) is 17.9. The number of carbonyl (C=O) groups excluding carboxylic acids is 5. The third kappa shape index (κ3) is 23.6. The molecule has 15 nitrogen and oxygen atoms in total. The van der Waals surface area contributed by atoms with Crippen LogP contribution >= 0.6 is 0 Å². The second kappa shape index (κ2) is 26.0. The van der Waals surface area contributed by atoms with Crippen molar-refractivity contribution in [1.82, 2.24) is 0 Å². The van der Waals surface area contributed by atoms with Crippen molar-refractivity contribution in [2.24, 2.45) is 16.2 Å². The molecule has 0 saturated carbocycles. The van der Waals surface area contributed by atoms with Crippen LogP contribution in [-0.4, -0.2) is 78.9 Å². The largest absolute Gasteiger partial charge is 0.482 e. The molecule has 3 aromatic carbocycles.